The van der Waals surface area contributed by atoms with Gasteiger partial charge in [-0.15, -0.1) is 0 Å². The minimum atomic E-state index is -0.833. The van der Waals surface area contributed by atoms with Gasteiger partial charge in [-0.3, -0.25) is 4.79 Å². The molecule has 16 heavy (non-hydrogen) atoms. The van der Waals surface area contributed by atoms with Crippen molar-refractivity contribution in [2.75, 3.05) is 6.61 Å². The van der Waals surface area contributed by atoms with Crippen LogP contribution in [0.5, 0.6) is 0 Å². The highest BCUT2D eigenvalue weighted by atomic mass is 16.4. The zero-order chi connectivity index (χ0) is 12.6. The Kier molecular flexibility index (Phi) is 18.2. The standard InChI is InChI=1S/C11H22O.C2H4O2/c1-2-3-4-5-6-7-8-9-10-11-12;1-2(3)4/h9-10,12H,2-8,11H2,1H3;1H3,(H,3,4)/b10-9+;. The van der Waals surface area contributed by atoms with E-state index in [4.69, 9.17) is 15.0 Å². The van der Waals surface area contributed by atoms with E-state index in [0.717, 1.165) is 13.3 Å². The van der Waals surface area contributed by atoms with E-state index in [0.29, 0.717) is 0 Å². The van der Waals surface area contributed by atoms with E-state index in [1.165, 1.54) is 38.5 Å². The summed E-state index contributed by atoms with van der Waals surface area (Å²) in [5.41, 5.74) is 0. The first-order valence-corrected chi connectivity index (χ1v) is 6.10. The lowest BCUT2D eigenvalue weighted by atomic mass is 10.1. The van der Waals surface area contributed by atoms with Crippen LogP contribution in [0.25, 0.3) is 0 Å². The Morgan fingerprint density at radius 1 is 1.06 bits per heavy atom. The number of allylic oxidation sites excluding steroid dienone is 1. The normalized spacial score (nSPS) is 9.94. The summed E-state index contributed by atoms with van der Waals surface area (Å²) in [5, 5.41) is 15.9. The third kappa shape index (κ3) is 29.2. The predicted molar refractivity (Wildman–Crippen MR) is 67.5 cm³/mol. The molecule has 0 aliphatic carbocycles. The minimum Gasteiger partial charge on any atom is -0.481 e. The van der Waals surface area contributed by atoms with E-state index in [2.05, 4.69) is 13.0 Å². The SMILES string of the molecule is CC(=O)O.CCCCCCCC/C=C/CO. The maximum Gasteiger partial charge on any atom is 0.300 e. The van der Waals surface area contributed by atoms with Crippen LogP contribution in [0.4, 0.5) is 0 Å². The Morgan fingerprint density at radius 3 is 2.06 bits per heavy atom. The molecule has 0 aromatic carbocycles. The van der Waals surface area contributed by atoms with Crippen LogP contribution < -0.4 is 0 Å². The quantitative estimate of drug-likeness (QED) is 0.496. The maximum atomic E-state index is 9.00. The first kappa shape index (κ1) is 17.6. The van der Waals surface area contributed by atoms with Crippen molar-refractivity contribution in [1.29, 1.82) is 0 Å². The van der Waals surface area contributed by atoms with Crippen LogP contribution in [0.1, 0.15) is 58.8 Å². The van der Waals surface area contributed by atoms with Gasteiger partial charge in [0.1, 0.15) is 0 Å². The molecule has 0 saturated carbocycles. The van der Waals surface area contributed by atoms with Crippen molar-refractivity contribution in [3.63, 3.8) is 0 Å². The first-order valence-electron chi connectivity index (χ1n) is 6.10. The van der Waals surface area contributed by atoms with Crippen LogP contribution in [-0.4, -0.2) is 22.8 Å². The minimum absolute atomic E-state index is 0.190. The zero-order valence-corrected chi connectivity index (χ0v) is 10.6. The Bertz CT molecular complexity index is 161. The van der Waals surface area contributed by atoms with Gasteiger partial charge in [-0.2, -0.15) is 0 Å². The highest BCUT2D eigenvalue weighted by Crippen LogP contribution is 2.06. The molecule has 0 heterocycles. The van der Waals surface area contributed by atoms with E-state index >= 15 is 0 Å². The van der Waals surface area contributed by atoms with Crippen LogP contribution in [0.2, 0.25) is 0 Å². The molecule has 0 radical (unpaired) electrons. The number of rotatable bonds is 8. The average Bonchev–Trinajstić information content (AvgIpc) is 2.21. The van der Waals surface area contributed by atoms with Gasteiger partial charge >= 0.3 is 0 Å². The Hall–Kier alpha value is -0.830. The number of carboxylic acid groups (broad SMARTS) is 1. The molecule has 3 nitrogen and oxygen atoms in total. The molecule has 0 aliphatic rings. The lowest BCUT2D eigenvalue weighted by Gasteiger charge is -1.97. The van der Waals surface area contributed by atoms with E-state index in [1.807, 2.05) is 6.08 Å². The van der Waals surface area contributed by atoms with Crippen molar-refractivity contribution in [1.82, 2.24) is 0 Å². The van der Waals surface area contributed by atoms with Crippen molar-refractivity contribution in [3.05, 3.63) is 12.2 Å². The van der Waals surface area contributed by atoms with Gasteiger partial charge in [0.15, 0.2) is 0 Å². The summed E-state index contributed by atoms with van der Waals surface area (Å²) in [7, 11) is 0. The molecular weight excluding hydrogens is 204 g/mol. The van der Waals surface area contributed by atoms with Crippen LogP contribution in [-0.2, 0) is 4.79 Å². The molecule has 0 atom stereocenters. The molecule has 0 aliphatic heterocycles. The lowest BCUT2D eigenvalue weighted by molar-refractivity contribution is -0.134. The monoisotopic (exact) mass is 230 g/mol. The summed E-state index contributed by atoms with van der Waals surface area (Å²) in [6.07, 6.45) is 13.1. The van der Waals surface area contributed by atoms with Crippen molar-refractivity contribution in [2.24, 2.45) is 0 Å². The summed E-state index contributed by atoms with van der Waals surface area (Å²) in [5.74, 6) is -0.833. The van der Waals surface area contributed by atoms with Gasteiger partial charge in [-0.1, -0.05) is 51.2 Å². The second-order valence-electron chi connectivity index (χ2n) is 3.73. The number of hydrogen-bond donors (Lipinski definition) is 2. The van der Waals surface area contributed by atoms with Crippen molar-refractivity contribution in [2.45, 2.75) is 58.8 Å². The molecule has 0 unspecified atom stereocenters. The molecule has 0 saturated heterocycles. The van der Waals surface area contributed by atoms with Crippen LogP contribution in [0.15, 0.2) is 12.2 Å². The largest absolute Gasteiger partial charge is 0.481 e. The average molecular weight is 230 g/mol. The summed E-state index contributed by atoms with van der Waals surface area (Å²) in [6, 6.07) is 0. The zero-order valence-electron chi connectivity index (χ0n) is 10.6. The molecule has 0 rings (SSSR count). The van der Waals surface area contributed by atoms with Crippen molar-refractivity contribution < 1.29 is 15.0 Å². The molecule has 0 spiro atoms. The molecular formula is C13H26O3. The van der Waals surface area contributed by atoms with E-state index in [9.17, 15) is 0 Å². The van der Waals surface area contributed by atoms with Crippen LogP contribution >= 0.6 is 0 Å². The maximum absolute atomic E-state index is 9.00. The van der Waals surface area contributed by atoms with E-state index < -0.39 is 5.97 Å². The van der Waals surface area contributed by atoms with Gasteiger partial charge in [0, 0.05) is 6.92 Å². The number of carbonyl (C=O) groups is 1. The lowest BCUT2D eigenvalue weighted by Crippen LogP contribution is -1.78. The molecule has 3 heteroatoms. The van der Waals surface area contributed by atoms with Gasteiger partial charge in [0.2, 0.25) is 0 Å². The Morgan fingerprint density at radius 2 is 1.56 bits per heavy atom. The molecule has 0 bridgehead atoms. The smallest absolute Gasteiger partial charge is 0.300 e. The van der Waals surface area contributed by atoms with Crippen LogP contribution in [0, 0.1) is 0 Å². The topological polar surface area (TPSA) is 57.5 Å². The highest BCUT2D eigenvalue weighted by Gasteiger charge is 1.87. The van der Waals surface area contributed by atoms with Crippen molar-refractivity contribution in [3.8, 4) is 0 Å². The second-order valence-corrected chi connectivity index (χ2v) is 3.73. The summed E-state index contributed by atoms with van der Waals surface area (Å²) in [4.78, 5) is 9.00. The summed E-state index contributed by atoms with van der Waals surface area (Å²) in [6.45, 7) is 3.51. The third-order valence-corrected chi connectivity index (χ3v) is 2.00. The molecule has 0 aromatic heterocycles. The van der Waals surface area contributed by atoms with Crippen molar-refractivity contribution >= 4 is 5.97 Å². The number of aliphatic carboxylic acids is 1. The van der Waals surface area contributed by atoms with Gasteiger partial charge < -0.3 is 10.2 Å². The fourth-order valence-corrected chi connectivity index (χ4v) is 1.23. The van der Waals surface area contributed by atoms with E-state index in [1.54, 1.807) is 0 Å². The number of unbranched alkanes of at least 4 members (excludes halogenated alkanes) is 6. The summed E-state index contributed by atoms with van der Waals surface area (Å²) >= 11 is 0. The first-order chi connectivity index (χ1) is 7.65. The number of hydrogen-bond acceptors (Lipinski definition) is 2. The Balaban J connectivity index is 0. The number of aliphatic hydroxyl groups is 1. The highest BCUT2D eigenvalue weighted by molar-refractivity contribution is 5.62. The molecule has 0 aromatic rings. The Labute approximate surface area is 99.2 Å². The van der Waals surface area contributed by atoms with Gasteiger partial charge in [-0.05, 0) is 12.8 Å². The second kappa shape index (κ2) is 16.6. The fraction of sp³-hybridized carbons (Fsp3) is 0.769. The van der Waals surface area contributed by atoms with E-state index in [-0.39, 0.29) is 6.61 Å². The van der Waals surface area contributed by atoms with Crippen LogP contribution in [0.3, 0.4) is 0 Å². The number of aliphatic hydroxyl groups excluding tert-OH is 1. The predicted octanol–water partition coefficient (Wildman–Crippen LogP) is 3.38. The number of carboxylic acids is 1. The van der Waals surface area contributed by atoms with Gasteiger partial charge in [0.25, 0.3) is 5.97 Å². The molecule has 96 valence electrons. The summed E-state index contributed by atoms with van der Waals surface area (Å²) < 4.78 is 0. The molecule has 0 amide bonds. The fourth-order valence-electron chi connectivity index (χ4n) is 1.23. The van der Waals surface area contributed by atoms with Gasteiger partial charge in [0.05, 0.1) is 6.61 Å². The molecule has 0 fully saturated rings. The van der Waals surface area contributed by atoms with Gasteiger partial charge in [-0.25, -0.2) is 0 Å². The third-order valence-electron chi connectivity index (χ3n) is 2.00. The molecule has 2 N–H and O–H groups in total.